The van der Waals surface area contributed by atoms with Crippen LogP contribution in [0.3, 0.4) is 0 Å². The standard InChI is InChI=1S/C14H19N3O3.2C2H6/c1-3-9-6-7-17(14(20)10(9)8-15-2)11-4-5-12(18)16-13(11)19;2*1-2/h3,8,11,15H,4-7H2,1-2H3,(H,16,18,19);2*1-2H3/b9-3-,10-8+;;. The van der Waals surface area contributed by atoms with E-state index in [4.69, 9.17) is 0 Å². The highest BCUT2D eigenvalue weighted by molar-refractivity contribution is 6.05. The molecular formula is C18H31N3O3. The van der Waals surface area contributed by atoms with Crippen LogP contribution < -0.4 is 10.6 Å². The van der Waals surface area contributed by atoms with E-state index in [1.807, 2.05) is 40.7 Å². The summed E-state index contributed by atoms with van der Waals surface area (Å²) in [5.41, 5.74) is 1.57. The summed E-state index contributed by atoms with van der Waals surface area (Å²) in [5, 5.41) is 5.17. The molecule has 6 heteroatoms. The molecule has 136 valence electrons. The molecule has 0 spiro atoms. The Hall–Kier alpha value is -2.11. The molecule has 0 bridgehead atoms. The minimum atomic E-state index is -0.543. The highest BCUT2D eigenvalue weighted by Gasteiger charge is 2.37. The van der Waals surface area contributed by atoms with Crippen LogP contribution in [0.1, 0.15) is 53.9 Å². The molecule has 0 aliphatic carbocycles. The van der Waals surface area contributed by atoms with Gasteiger partial charge in [0.25, 0.3) is 5.91 Å². The van der Waals surface area contributed by atoms with E-state index in [1.165, 1.54) is 0 Å². The molecule has 0 aromatic carbocycles. The Morgan fingerprint density at radius 3 is 2.25 bits per heavy atom. The third kappa shape index (κ3) is 5.22. The molecule has 2 saturated heterocycles. The fourth-order valence-corrected chi connectivity index (χ4v) is 2.64. The number of allylic oxidation sites excluding steroid dienone is 1. The van der Waals surface area contributed by atoms with E-state index in [0.717, 1.165) is 5.57 Å². The number of hydrogen-bond donors (Lipinski definition) is 2. The Balaban J connectivity index is 0.00000123. The molecule has 0 radical (unpaired) electrons. The van der Waals surface area contributed by atoms with Crippen LogP contribution in [0.2, 0.25) is 0 Å². The number of amides is 3. The van der Waals surface area contributed by atoms with Crippen molar-refractivity contribution in [1.29, 1.82) is 0 Å². The van der Waals surface area contributed by atoms with E-state index in [-0.39, 0.29) is 24.1 Å². The summed E-state index contributed by atoms with van der Waals surface area (Å²) in [7, 11) is 1.73. The van der Waals surface area contributed by atoms with Crippen LogP contribution in [0.4, 0.5) is 0 Å². The lowest BCUT2D eigenvalue weighted by atomic mass is 9.94. The van der Waals surface area contributed by atoms with Crippen molar-refractivity contribution in [3.63, 3.8) is 0 Å². The van der Waals surface area contributed by atoms with Crippen LogP contribution in [-0.2, 0) is 14.4 Å². The topological polar surface area (TPSA) is 78.5 Å². The number of nitrogens with zero attached hydrogens (tertiary/aromatic N) is 1. The third-order valence-electron chi connectivity index (χ3n) is 3.68. The van der Waals surface area contributed by atoms with Gasteiger partial charge in [0.05, 0.1) is 5.57 Å². The van der Waals surface area contributed by atoms with Gasteiger partial charge in [0.15, 0.2) is 0 Å². The summed E-state index contributed by atoms with van der Waals surface area (Å²) < 4.78 is 0. The Morgan fingerprint density at radius 1 is 1.12 bits per heavy atom. The SMILES string of the molecule is C/C=C1/CCN(C2CCC(=O)NC2=O)C(=O)/C1=C/NC.CC.CC. The lowest BCUT2D eigenvalue weighted by Gasteiger charge is -2.37. The highest BCUT2D eigenvalue weighted by atomic mass is 16.2. The second kappa shape index (κ2) is 11.4. The Kier molecular flexibility index (Phi) is 10.4. The fraction of sp³-hybridized carbons (Fsp3) is 0.611. The lowest BCUT2D eigenvalue weighted by Crippen LogP contribution is -2.56. The second-order valence-corrected chi connectivity index (χ2v) is 4.88. The molecule has 6 nitrogen and oxygen atoms in total. The summed E-state index contributed by atoms with van der Waals surface area (Å²) >= 11 is 0. The van der Waals surface area contributed by atoms with Crippen molar-refractivity contribution >= 4 is 17.7 Å². The van der Waals surface area contributed by atoms with E-state index >= 15 is 0 Å². The molecule has 0 saturated carbocycles. The van der Waals surface area contributed by atoms with Crippen LogP contribution in [0, 0.1) is 0 Å². The van der Waals surface area contributed by atoms with Crippen molar-refractivity contribution in [2.24, 2.45) is 0 Å². The molecule has 24 heavy (non-hydrogen) atoms. The number of likely N-dealkylation sites (tertiary alicyclic amines) is 1. The fourth-order valence-electron chi connectivity index (χ4n) is 2.64. The van der Waals surface area contributed by atoms with Gasteiger partial charge in [-0.2, -0.15) is 0 Å². The Labute approximate surface area is 145 Å². The predicted molar refractivity (Wildman–Crippen MR) is 96.1 cm³/mol. The maximum atomic E-state index is 12.5. The van der Waals surface area contributed by atoms with Gasteiger partial charge < -0.3 is 10.2 Å². The van der Waals surface area contributed by atoms with Gasteiger partial charge in [0.1, 0.15) is 6.04 Å². The van der Waals surface area contributed by atoms with Crippen molar-refractivity contribution in [3.05, 3.63) is 23.4 Å². The van der Waals surface area contributed by atoms with Gasteiger partial charge in [0.2, 0.25) is 11.8 Å². The third-order valence-corrected chi connectivity index (χ3v) is 3.68. The Morgan fingerprint density at radius 2 is 1.75 bits per heavy atom. The molecule has 2 aliphatic rings. The van der Waals surface area contributed by atoms with E-state index in [1.54, 1.807) is 18.1 Å². The average Bonchev–Trinajstić information content (AvgIpc) is 2.61. The van der Waals surface area contributed by atoms with Gasteiger partial charge in [-0.05, 0) is 25.3 Å². The van der Waals surface area contributed by atoms with Crippen LogP contribution in [-0.4, -0.2) is 42.3 Å². The summed E-state index contributed by atoms with van der Waals surface area (Å²) in [5.74, 6) is -0.800. The number of imide groups is 1. The van der Waals surface area contributed by atoms with Gasteiger partial charge in [-0.3, -0.25) is 19.7 Å². The first kappa shape index (κ1) is 21.9. The normalized spacial score (nSPS) is 23.8. The van der Waals surface area contributed by atoms with Crippen molar-refractivity contribution in [2.45, 2.75) is 59.9 Å². The molecule has 2 heterocycles. The minimum absolute atomic E-state index is 0.159. The lowest BCUT2D eigenvalue weighted by molar-refractivity contribution is -0.144. The molecule has 1 unspecified atom stereocenters. The second-order valence-electron chi connectivity index (χ2n) is 4.88. The molecule has 0 aromatic heterocycles. The van der Waals surface area contributed by atoms with E-state index < -0.39 is 6.04 Å². The van der Waals surface area contributed by atoms with Gasteiger partial charge in [-0.25, -0.2) is 0 Å². The van der Waals surface area contributed by atoms with Crippen molar-refractivity contribution in [1.82, 2.24) is 15.5 Å². The average molecular weight is 337 g/mol. The van der Waals surface area contributed by atoms with Crippen molar-refractivity contribution in [2.75, 3.05) is 13.6 Å². The summed E-state index contributed by atoms with van der Waals surface area (Å²) in [6.45, 7) is 10.4. The zero-order valence-electron chi connectivity index (χ0n) is 15.7. The van der Waals surface area contributed by atoms with Crippen molar-refractivity contribution < 1.29 is 14.4 Å². The maximum absolute atomic E-state index is 12.5. The van der Waals surface area contributed by atoms with Gasteiger partial charge in [-0.1, -0.05) is 33.8 Å². The zero-order valence-corrected chi connectivity index (χ0v) is 15.7. The molecule has 2 fully saturated rings. The van der Waals surface area contributed by atoms with E-state index in [0.29, 0.717) is 25.0 Å². The first-order valence-electron chi connectivity index (χ1n) is 8.76. The predicted octanol–water partition coefficient (Wildman–Crippen LogP) is 2.13. The highest BCUT2D eigenvalue weighted by Crippen LogP contribution is 2.26. The van der Waals surface area contributed by atoms with Crippen LogP contribution >= 0.6 is 0 Å². The largest absolute Gasteiger partial charge is 0.393 e. The van der Waals surface area contributed by atoms with Crippen LogP contribution in [0.25, 0.3) is 0 Å². The van der Waals surface area contributed by atoms with Crippen LogP contribution in [0.15, 0.2) is 23.4 Å². The van der Waals surface area contributed by atoms with Gasteiger partial charge in [-0.15, -0.1) is 0 Å². The summed E-state index contributed by atoms with van der Waals surface area (Å²) in [4.78, 5) is 37.2. The van der Waals surface area contributed by atoms with Gasteiger partial charge in [0, 0.05) is 26.2 Å². The Bertz CT molecular complexity index is 510. The molecule has 2 N–H and O–H groups in total. The van der Waals surface area contributed by atoms with E-state index in [9.17, 15) is 14.4 Å². The van der Waals surface area contributed by atoms with E-state index in [2.05, 4.69) is 10.6 Å². The van der Waals surface area contributed by atoms with Crippen molar-refractivity contribution in [3.8, 4) is 0 Å². The minimum Gasteiger partial charge on any atom is -0.393 e. The summed E-state index contributed by atoms with van der Waals surface area (Å²) in [6.07, 6.45) is 4.97. The number of hydrogen-bond acceptors (Lipinski definition) is 4. The number of carbonyl (C=O) groups is 3. The van der Waals surface area contributed by atoms with Crippen LogP contribution in [0.5, 0.6) is 0 Å². The first-order chi connectivity index (χ1) is 11.6. The quantitative estimate of drug-likeness (QED) is 0.598. The summed E-state index contributed by atoms with van der Waals surface area (Å²) in [6, 6.07) is -0.543. The zero-order chi connectivity index (χ0) is 18.7. The molecule has 0 aromatic rings. The number of rotatable bonds is 2. The molecule has 2 rings (SSSR count). The number of piperidine rings is 2. The molecule has 2 aliphatic heterocycles. The monoisotopic (exact) mass is 337 g/mol. The molecule has 1 atom stereocenters. The molecule has 3 amide bonds. The number of carbonyl (C=O) groups excluding carboxylic acids is 3. The smallest absolute Gasteiger partial charge is 0.256 e. The maximum Gasteiger partial charge on any atom is 0.256 e. The van der Waals surface area contributed by atoms with Gasteiger partial charge >= 0.3 is 0 Å². The first-order valence-corrected chi connectivity index (χ1v) is 8.76. The number of nitrogens with one attached hydrogen (secondary N) is 2. The molecular weight excluding hydrogens is 306 g/mol.